The van der Waals surface area contributed by atoms with Crippen LogP contribution >= 0.6 is 11.6 Å². The molecule has 2 aromatic rings. The van der Waals surface area contributed by atoms with E-state index in [4.69, 9.17) is 11.6 Å². The maximum atomic E-state index is 12.8. The highest BCUT2D eigenvalue weighted by atomic mass is 35.5. The molecule has 0 aliphatic carbocycles. The molecule has 1 aliphatic heterocycles. The van der Waals surface area contributed by atoms with E-state index in [0.717, 1.165) is 25.9 Å². The lowest BCUT2D eigenvalue weighted by Crippen LogP contribution is -2.40. The molecule has 1 aromatic carbocycles. The molecule has 0 atom stereocenters. The van der Waals surface area contributed by atoms with Gasteiger partial charge in [0.15, 0.2) is 5.69 Å². The van der Waals surface area contributed by atoms with Gasteiger partial charge < -0.3 is 10.2 Å². The summed E-state index contributed by atoms with van der Waals surface area (Å²) in [7, 11) is -3.85. The van der Waals surface area contributed by atoms with Crippen molar-refractivity contribution in [1.82, 2.24) is 14.7 Å². The Labute approximate surface area is 175 Å². The monoisotopic (exact) mass is 437 g/mol. The Hall–Kier alpha value is -2.23. The van der Waals surface area contributed by atoms with Gasteiger partial charge in [-0.3, -0.25) is 4.79 Å². The number of amides is 1. The van der Waals surface area contributed by atoms with Crippen molar-refractivity contribution in [1.29, 1.82) is 0 Å². The van der Waals surface area contributed by atoms with E-state index >= 15 is 0 Å². The summed E-state index contributed by atoms with van der Waals surface area (Å²) in [5.74, 6) is -0.163. The Morgan fingerprint density at radius 3 is 2.48 bits per heavy atom. The molecule has 1 amide bonds. The van der Waals surface area contributed by atoms with Crippen LogP contribution < -0.4 is 14.9 Å². The van der Waals surface area contributed by atoms with E-state index in [1.54, 1.807) is 32.9 Å². The molecular weight excluding hydrogens is 414 g/mol. The van der Waals surface area contributed by atoms with Crippen molar-refractivity contribution in [3.63, 3.8) is 0 Å². The van der Waals surface area contributed by atoms with Crippen LogP contribution in [-0.4, -0.2) is 42.9 Å². The van der Waals surface area contributed by atoms with Crippen molar-refractivity contribution in [2.45, 2.75) is 44.0 Å². The summed E-state index contributed by atoms with van der Waals surface area (Å²) in [6, 6.07) is 6.19. The van der Waals surface area contributed by atoms with E-state index in [2.05, 4.69) is 20.0 Å². The molecule has 0 radical (unpaired) electrons. The van der Waals surface area contributed by atoms with Gasteiger partial charge in [0.1, 0.15) is 4.90 Å². The molecule has 3 rings (SSSR count). The van der Waals surface area contributed by atoms with Crippen LogP contribution in [0.3, 0.4) is 0 Å². The average Bonchev–Trinajstić information content (AvgIpc) is 3.15. The van der Waals surface area contributed by atoms with Gasteiger partial charge in [-0.1, -0.05) is 23.7 Å². The third-order valence-electron chi connectivity index (χ3n) is 4.20. The van der Waals surface area contributed by atoms with Crippen LogP contribution in [0.1, 0.15) is 44.1 Å². The number of nitrogens with one attached hydrogen (secondary N) is 2. The van der Waals surface area contributed by atoms with E-state index in [1.807, 2.05) is 4.90 Å². The summed E-state index contributed by atoms with van der Waals surface area (Å²) in [5, 5.41) is 2.72. The average molecular weight is 438 g/mol. The Bertz CT molecular complexity index is 1010. The van der Waals surface area contributed by atoms with E-state index in [1.165, 1.54) is 18.3 Å². The normalized spacial score (nSPS) is 14.8. The Morgan fingerprint density at radius 1 is 1.17 bits per heavy atom. The quantitative estimate of drug-likeness (QED) is 0.744. The first-order valence-electron chi connectivity index (χ1n) is 9.29. The van der Waals surface area contributed by atoms with Crippen LogP contribution in [-0.2, 0) is 10.0 Å². The molecule has 156 valence electrons. The van der Waals surface area contributed by atoms with Gasteiger partial charge in [-0.05, 0) is 45.7 Å². The molecule has 0 spiro atoms. The van der Waals surface area contributed by atoms with Gasteiger partial charge in [0, 0.05) is 18.6 Å². The van der Waals surface area contributed by atoms with Crippen LogP contribution in [0.4, 0.5) is 11.6 Å². The van der Waals surface area contributed by atoms with Crippen LogP contribution in [0.25, 0.3) is 0 Å². The van der Waals surface area contributed by atoms with Gasteiger partial charge in [-0.15, -0.1) is 0 Å². The molecule has 1 aliphatic rings. The number of hydrogen-bond acceptors (Lipinski definition) is 6. The van der Waals surface area contributed by atoms with Gasteiger partial charge in [0.2, 0.25) is 16.0 Å². The number of rotatable bonds is 5. The second-order valence-corrected chi connectivity index (χ2v) is 9.92. The molecule has 10 heteroatoms. The fourth-order valence-electron chi connectivity index (χ4n) is 3.03. The second-order valence-electron chi connectivity index (χ2n) is 7.87. The minimum Gasteiger partial charge on any atom is -0.341 e. The fourth-order valence-corrected chi connectivity index (χ4v) is 4.79. The lowest BCUT2D eigenvalue weighted by Gasteiger charge is -2.21. The zero-order chi connectivity index (χ0) is 21.2. The van der Waals surface area contributed by atoms with Crippen molar-refractivity contribution in [2.75, 3.05) is 23.3 Å². The number of para-hydroxylation sites is 1. The summed E-state index contributed by atoms with van der Waals surface area (Å²) in [6.45, 7) is 6.87. The van der Waals surface area contributed by atoms with Crippen molar-refractivity contribution < 1.29 is 13.2 Å². The maximum absolute atomic E-state index is 12.8. The summed E-state index contributed by atoms with van der Waals surface area (Å²) in [5.41, 5.74) is -0.525. The van der Waals surface area contributed by atoms with E-state index in [9.17, 15) is 13.2 Å². The van der Waals surface area contributed by atoms with Crippen LogP contribution in [0.15, 0.2) is 35.4 Å². The molecule has 1 saturated heterocycles. The molecule has 2 N–H and O–H groups in total. The topological polar surface area (TPSA) is 104 Å². The molecule has 0 unspecified atom stereocenters. The molecule has 29 heavy (non-hydrogen) atoms. The first-order valence-corrected chi connectivity index (χ1v) is 11.1. The Balaban J connectivity index is 1.90. The van der Waals surface area contributed by atoms with Gasteiger partial charge in [-0.2, -0.15) is 0 Å². The highest BCUT2D eigenvalue weighted by Gasteiger charge is 2.26. The lowest BCUT2D eigenvalue weighted by molar-refractivity contribution is 0.102. The number of carbonyl (C=O) groups excluding carboxylic acids is 1. The van der Waals surface area contributed by atoms with E-state index in [-0.39, 0.29) is 21.3 Å². The predicted molar refractivity (Wildman–Crippen MR) is 113 cm³/mol. The molecule has 0 saturated carbocycles. The van der Waals surface area contributed by atoms with Crippen molar-refractivity contribution in [2.24, 2.45) is 0 Å². The van der Waals surface area contributed by atoms with Gasteiger partial charge in [0.05, 0.1) is 16.9 Å². The molecule has 1 fully saturated rings. The molecule has 8 nitrogen and oxygen atoms in total. The minimum atomic E-state index is -3.85. The lowest BCUT2D eigenvalue weighted by atomic mass is 10.1. The summed E-state index contributed by atoms with van der Waals surface area (Å²) in [4.78, 5) is 23.3. The van der Waals surface area contributed by atoms with Crippen LogP contribution in [0.2, 0.25) is 5.02 Å². The molecular formula is C19H24ClN5O3S. The van der Waals surface area contributed by atoms with Crippen molar-refractivity contribution in [3.05, 3.63) is 41.2 Å². The maximum Gasteiger partial charge on any atom is 0.276 e. The summed E-state index contributed by atoms with van der Waals surface area (Å²) < 4.78 is 28.1. The zero-order valence-corrected chi connectivity index (χ0v) is 18.1. The Kier molecular flexibility index (Phi) is 6.11. The predicted octanol–water partition coefficient (Wildman–Crippen LogP) is 3.06. The standard InChI is InChI=1S/C19H24ClN5O3S/c1-19(2,3)24-29(27,28)15-9-5-4-8-14(15)22-17(26)16-13(20)12-21-18(23-16)25-10-6-7-11-25/h4-5,8-9,12,24H,6-7,10-11H2,1-3H3,(H,22,26). The number of carbonyl (C=O) groups is 1. The summed E-state index contributed by atoms with van der Waals surface area (Å²) in [6.07, 6.45) is 3.47. The van der Waals surface area contributed by atoms with Crippen molar-refractivity contribution in [3.8, 4) is 0 Å². The summed E-state index contributed by atoms with van der Waals surface area (Å²) >= 11 is 6.15. The highest BCUT2D eigenvalue weighted by molar-refractivity contribution is 7.89. The van der Waals surface area contributed by atoms with Gasteiger partial charge in [0.25, 0.3) is 5.91 Å². The number of anilines is 2. The van der Waals surface area contributed by atoms with Crippen LogP contribution in [0, 0.1) is 0 Å². The van der Waals surface area contributed by atoms with Crippen LogP contribution in [0.5, 0.6) is 0 Å². The number of aromatic nitrogens is 2. The van der Waals surface area contributed by atoms with Crippen molar-refractivity contribution >= 4 is 39.2 Å². The number of sulfonamides is 1. The van der Waals surface area contributed by atoms with Gasteiger partial charge in [-0.25, -0.2) is 23.1 Å². The first kappa shape index (κ1) is 21.5. The number of nitrogens with zero attached hydrogens (tertiary/aromatic N) is 3. The SMILES string of the molecule is CC(C)(C)NS(=O)(=O)c1ccccc1NC(=O)c1nc(N2CCCC2)ncc1Cl. The molecule has 2 heterocycles. The number of benzene rings is 1. The molecule has 1 aromatic heterocycles. The van der Waals surface area contributed by atoms with Gasteiger partial charge >= 0.3 is 0 Å². The smallest absolute Gasteiger partial charge is 0.276 e. The zero-order valence-electron chi connectivity index (χ0n) is 16.6. The molecule has 0 bridgehead atoms. The van der Waals surface area contributed by atoms with E-state index < -0.39 is 21.5 Å². The second kappa shape index (κ2) is 8.25. The number of hydrogen-bond donors (Lipinski definition) is 2. The largest absolute Gasteiger partial charge is 0.341 e. The Morgan fingerprint density at radius 2 is 1.83 bits per heavy atom. The highest BCUT2D eigenvalue weighted by Crippen LogP contribution is 2.25. The fraction of sp³-hybridized carbons (Fsp3) is 0.421. The number of halogens is 1. The first-order chi connectivity index (χ1) is 13.6. The third-order valence-corrected chi connectivity index (χ3v) is 6.29. The third kappa shape index (κ3) is 5.23. The van der Waals surface area contributed by atoms with E-state index in [0.29, 0.717) is 5.95 Å². The minimum absolute atomic E-state index is 0.000418.